The van der Waals surface area contributed by atoms with Gasteiger partial charge < -0.3 is 10.1 Å². The maximum Gasteiger partial charge on any atom is 0.407 e. The van der Waals surface area contributed by atoms with Gasteiger partial charge in [0, 0.05) is 18.9 Å². The molecule has 0 spiro atoms. The molecule has 0 radical (unpaired) electrons. The van der Waals surface area contributed by atoms with Crippen molar-refractivity contribution in [3.8, 4) is 11.1 Å². The second kappa shape index (κ2) is 8.28. The van der Waals surface area contributed by atoms with Crippen LogP contribution in [0.3, 0.4) is 0 Å². The van der Waals surface area contributed by atoms with Crippen molar-refractivity contribution in [2.24, 2.45) is 5.92 Å². The van der Waals surface area contributed by atoms with Gasteiger partial charge >= 0.3 is 18.4 Å². The first-order valence-corrected chi connectivity index (χ1v) is 7.61. The highest BCUT2D eigenvalue weighted by Crippen LogP contribution is 2.39. The maximum atomic E-state index is 12.4. The Morgan fingerprint density at radius 3 is 2.22 bits per heavy atom. The third kappa shape index (κ3) is 6.15. The fourth-order valence-corrected chi connectivity index (χ4v) is 2.16. The van der Waals surface area contributed by atoms with Crippen molar-refractivity contribution in [1.29, 1.82) is 0 Å². The van der Waals surface area contributed by atoms with Crippen LogP contribution in [0.4, 0.5) is 31.1 Å². The number of halogens is 6. The molecule has 4 nitrogen and oxygen atoms in total. The lowest BCUT2D eigenvalue weighted by Gasteiger charge is -2.22. The predicted octanol–water partition coefficient (Wildman–Crippen LogP) is 4.72. The SMILES string of the molecule is O=C(NCc1cccc(-c2ccncc2)c1)OCC(C(F)(F)F)C(F)(F)F. The summed E-state index contributed by atoms with van der Waals surface area (Å²) in [5.74, 6) is -3.73. The first-order valence-electron chi connectivity index (χ1n) is 7.61. The molecule has 10 heteroatoms. The summed E-state index contributed by atoms with van der Waals surface area (Å²) in [4.78, 5) is 15.3. The molecule has 0 fully saturated rings. The number of pyridine rings is 1. The largest absolute Gasteiger partial charge is 0.449 e. The van der Waals surface area contributed by atoms with Crippen molar-refractivity contribution in [2.75, 3.05) is 6.61 Å². The molecule has 2 rings (SSSR count). The number of carbonyl (C=O) groups is 1. The Morgan fingerprint density at radius 2 is 1.63 bits per heavy atom. The Kier molecular flexibility index (Phi) is 6.29. The van der Waals surface area contributed by atoms with Crippen molar-refractivity contribution in [3.05, 3.63) is 54.4 Å². The van der Waals surface area contributed by atoms with E-state index in [1.165, 1.54) is 0 Å². The zero-order valence-corrected chi connectivity index (χ0v) is 13.6. The molecule has 0 saturated heterocycles. The number of carbonyl (C=O) groups excluding carboxylic acids is 1. The molecule has 0 atom stereocenters. The van der Waals surface area contributed by atoms with Crippen LogP contribution in [0.5, 0.6) is 0 Å². The molecule has 146 valence electrons. The summed E-state index contributed by atoms with van der Waals surface area (Å²) in [7, 11) is 0. The molecule has 1 aromatic heterocycles. The minimum absolute atomic E-state index is 0.125. The minimum Gasteiger partial charge on any atom is -0.449 e. The van der Waals surface area contributed by atoms with E-state index in [9.17, 15) is 31.1 Å². The van der Waals surface area contributed by atoms with Crippen molar-refractivity contribution in [3.63, 3.8) is 0 Å². The highest BCUT2D eigenvalue weighted by molar-refractivity contribution is 5.67. The lowest BCUT2D eigenvalue weighted by Crippen LogP contribution is -2.41. The number of alkyl halides is 6. The van der Waals surface area contributed by atoms with Gasteiger partial charge in [0.1, 0.15) is 6.61 Å². The van der Waals surface area contributed by atoms with Crippen LogP contribution in [0.2, 0.25) is 0 Å². The van der Waals surface area contributed by atoms with Crippen molar-refractivity contribution in [2.45, 2.75) is 18.9 Å². The number of nitrogens with zero attached hydrogens (tertiary/aromatic N) is 1. The van der Waals surface area contributed by atoms with Crippen LogP contribution >= 0.6 is 0 Å². The summed E-state index contributed by atoms with van der Waals surface area (Å²) >= 11 is 0. The zero-order valence-electron chi connectivity index (χ0n) is 13.6. The molecular weight excluding hydrogens is 378 g/mol. The first kappa shape index (κ1) is 20.5. The van der Waals surface area contributed by atoms with E-state index in [-0.39, 0.29) is 6.54 Å². The van der Waals surface area contributed by atoms with Gasteiger partial charge in [-0.05, 0) is 34.9 Å². The molecular formula is C17H14F6N2O2. The Balaban J connectivity index is 1.92. The molecule has 0 aliphatic rings. The number of hydrogen-bond donors (Lipinski definition) is 1. The molecule has 1 N–H and O–H groups in total. The van der Waals surface area contributed by atoms with E-state index >= 15 is 0 Å². The molecule has 1 aromatic carbocycles. The summed E-state index contributed by atoms with van der Waals surface area (Å²) in [5.41, 5.74) is 2.25. The number of ether oxygens (including phenoxy) is 1. The van der Waals surface area contributed by atoms with Gasteiger partial charge in [-0.25, -0.2) is 4.79 Å². The summed E-state index contributed by atoms with van der Waals surface area (Å²) in [6, 6.07) is 10.4. The zero-order chi connectivity index (χ0) is 20.1. The molecule has 0 unspecified atom stereocenters. The smallest absolute Gasteiger partial charge is 0.407 e. The third-order valence-electron chi connectivity index (χ3n) is 3.55. The van der Waals surface area contributed by atoms with Crippen LogP contribution < -0.4 is 5.32 Å². The molecule has 27 heavy (non-hydrogen) atoms. The van der Waals surface area contributed by atoms with Crippen molar-refractivity contribution in [1.82, 2.24) is 10.3 Å². The monoisotopic (exact) mass is 392 g/mol. The fourth-order valence-electron chi connectivity index (χ4n) is 2.16. The van der Waals surface area contributed by atoms with E-state index < -0.39 is 31.0 Å². The number of alkyl carbamates (subject to hydrolysis) is 1. The van der Waals surface area contributed by atoms with E-state index in [2.05, 4.69) is 15.0 Å². The topological polar surface area (TPSA) is 51.2 Å². The fraction of sp³-hybridized carbons (Fsp3) is 0.294. The standard InChI is InChI=1S/C17H14F6N2O2/c18-16(19,20)14(17(21,22)23)10-27-15(26)25-9-11-2-1-3-13(8-11)12-4-6-24-7-5-12/h1-8,14H,9-10H2,(H,25,26). The number of benzene rings is 1. The number of rotatable bonds is 5. The summed E-state index contributed by atoms with van der Waals surface area (Å²) < 4.78 is 78.4. The second-order valence-electron chi connectivity index (χ2n) is 5.52. The van der Waals surface area contributed by atoms with Gasteiger partial charge in [0.25, 0.3) is 0 Å². The summed E-state index contributed by atoms with van der Waals surface area (Å²) in [6.45, 7) is -1.96. The van der Waals surface area contributed by atoms with Gasteiger partial charge in [-0.3, -0.25) is 4.98 Å². The van der Waals surface area contributed by atoms with Crippen LogP contribution in [-0.2, 0) is 11.3 Å². The lowest BCUT2D eigenvalue weighted by atomic mass is 10.0. The highest BCUT2D eigenvalue weighted by atomic mass is 19.4. The molecule has 0 saturated carbocycles. The van der Waals surface area contributed by atoms with Gasteiger partial charge in [0.05, 0.1) is 0 Å². The van der Waals surface area contributed by atoms with Crippen molar-refractivity contribution < 1.29 is 35.9 Å². The Labute approximate surface area is 150 Å². The third-order valence-corrected chi connectivity index (χ3v) is 3.55. The Hall–Kier alpha value is -2.78. The Bertz CT molecular complexity index is 748. The normalized spacial score (nSPS) is 12.1. The lowest BCUT2D eigenvalue weighted by molar-refractivity contribution is -0.291. The maximum absolute atomic E-state index is 12.4. The van der Waals surface area contributed by atoms with Gasteiger partial charge in [-0.2, -0.15) is 26.3 Å². The quantitative estimate of drug-likeness (QED) is 0.750. The van der Waals surface area contributed by atoms with Crippen molar-refractivity contribution >= 4 is 6.09 Å². The van der Waals surface area contributed by atoms with E-state index in [0.717, 1.165) is 11.1 Å². The van der Waals surface area contributed by atoms with Crippen LogP contribution in [-0.4, -0.2) is 30.0 Å². The minimum atomic E-state index is -5.56. The van der Waals surface area contributed by atoms with E-state index in [1.807, 2.05) is 0 Å². The number of hydrogen-bond acceptors (Lipinski definition) is 3. The predicted molar refractivity (Wildman–Crippen MR) is 83.5 cm³/mol. The van der Waals surface area contributed by atoms with Gasteiger partial charge in [-0.1, -0.05) is 18.2 Å². The average Bonchev–Trinajstić information content (AvgIpc) is 2.59. The number of nitrogens with one attached hydrogen (secondary N) is 1. The first-order chi connectivity index (χ1) is 12.6. The van der Waals surface area contributed by atoms with E-state index in [0.29, 0.717) is 5.56 Å². The molecule has 0 aliphatic carbocycles. The second-order valence-corrected chi connectivity index (χ2v) is 5.52. The van der Waals surface area contributed by atoms with E-state index in [4.69, 9.17) is 0 Å². The highest BCUT2D eigenvalue weighted by Gasteiger charge is 2.57. The van der Waals surface area contributed by atoms with Gasteiger partial charge in [0.15, 0.2) is 5.92 Å². The van der Waals surface area contributed by atoms with Crippen LogP contribution in [0, 0.1) is 5.92 Å². The molecule has 1 amide bonds. The molecule has 2 aromatic rings. The van der Waals surface area contributed by atoms with Gasteiger partial charge in [0.2, 0.25) is 0 Å². The molecule has 0 bridgehead atoms. The molecule has 1 heterocycles. The van der Waals surface area contributed by atoms with Crippen LogP contribution in [0.25, 0.3) is 11.1 Å². The van der Waals surface area contributed by atoms with Crippen LogP contribution in [0.1, 0.15) is 5.56 Å². The molecule has 0 aliphatic heterocycles. The summed E-state index contributed by atoms with van der Waals surface area (Å²) in [5, 5.41) is 2.13. The van der Waals surface area contributed by atoms with Crippen LogP contribution in [0.15, 0.2) is 48.8 Å². The number of amides is 1. The Morgan fingerprint density at radius 1 is 1.00 bits per heavy atom. The average molecular weight is 392 g/mol. The van der Waals surface area contributed by atoms with Gasteiger partial charge in [-0.15, -0.1) is 0 Å². The van der Waals surface area contributed by atoms with E-state index in [1.54, 1.807) is 48.8 Å². The summed E-state index contributed by atoms with van der Waals surface area (Å²) in [6.07, 6.45) is -9.30. The number of aromatic nitrogens is 1.